The number of nitrogens with zero attached hydrogens (tertiary/aromatic N) is 4. The maximum Gasteiger partial charge on any atom is 0.191 e. The van der Waals surface area contributed by atoms with E-state index in [-0.39, 0.29) is 6.54 Å². The van der Waals surface area contributed by atoms with Gasteiger partial charge in [-0.05, 0) is 18.4 Å². The van der Waals surface area contributed by atoms with Crippen molar-refractivity contribution in [1.29, 1.82) is 0 Å². The Morgan fingerprint density at radius 2 is 2.13 bits per heavy atom. The van der Waals surface area contributed by atoms with Gasteiger partial charge in [-0.1, -0.05) is 6.07 Å². The van der Waals surface area contributed by atoms with E-state index < -0.39 is 5.60 Å². The molecule has 2 aromatic rings. The van der Waals surface area contributed by atoms with E-state index in [9.17, 15) is 5.11 Å². The largest absolute Gasteiger partial charge is 0.383 e. The summed E-state index contributed by atoms with van der Waals surface area (Å²) in [6.45, 7) is 5.43. The lowest BCUT2D eigenvalue weighted by Crippen LogP contribution is -2.51. The second kappa shape index (κ2) is 6.86. The molecule has 124 valence electrons. The Labute approximate surface area is 143 Å². The average molecular weight is 352 g/mol. The predicted octanol–water partition coefficient (Wildman–Crippen LogP) is 1.55. The molecule has 3 N–H and O–H groups in total. The number of aliphatic imine (C=N–C) groups is 1. The van der Waals surface area contributed by atoms with Crippen molar-refractivity contribution in [2.75, 3.05) is 37.6 Å². The third-order valence-electron chi connectivity index (χ3n) is 3.89. The Kier molecular flexibility index (Phi) is 4.84. The van der Waals surface area contributed by atoms with Crippen LogP contribution in [0.25, 0.3) is 0 Å². The topological polar surface area (TPSA) is 78.0 Å². The third kappa shape index (κ3) is 3.82. The highest BCUT2D eigenvalue weighted by atomic mass is 32.1. The molecule has 0 saturated carbocycles. The lowest BCUT2D eigenvalue weighted by molar-refractivity contribution is 0.0709. The SMILES string of the molecule is CC(O)(CN=C(N)N1CCN(c2nccs2)CC1)c1cccs1. The Bertz CT molecular complexity index is 631. The van der Waals surface area contributed by atoms with Crippen molar-refractivity contribution in [3.8, 4) is 0 Å². The van der Waals surface area contributed by atoms with Gasteiger partial charge in [-0.25, -0.2) is 9.98 Å². The van der Waals surface area contributed by atoms with Crippen LogP contribution in [0.4, 0.5) is 5.13 Å². The van der Waals surface area contributed by atoms with Crippen LogP contribution < -0.4 is 10.6 Å². The first-order chi connectivity index (χ1) is 11.1. The van der Waals surface area contributed by atoms with Gasteiger partial charge in [0.25, 0.3) is 0 Å². The Hall–Kier alpha value is -1.64. The first kappa shape index (κ1) is 16.2. The first-order valence-corrected chi connectivity index (χ1v) is 9.28. The van der Waals surface area contributed by atoms with Gasteiger partial charge in [0.15, 0.2) is 11.1 Å². The highest BCUT2D eigenvalue weighted by Gasteiger charge is 2.25. The molecule has 1 aliphatic heterocycles. The lowest BCUT2D eigenvalue weighted by atomic mass is 10.1. The summed E-state index contributed by atoms with van der Waals surface area (Å²) in [5.41, 5.74) is 5.14. The third-order valence-corrected chi connectivity index (χ3v) is 5.85. The smallest absolute Gasteiger partial charge is 0.191 e. The van der Waals surface area contributed by atoms with Crippen LogP contribution in [0.15, 0.2) is 34.1 Å². The van der Waals surface area contributed by atoms with Crippen LogP contribution >= 0.6 is 22.7 Å². The van der Waals surface area contributed by atoms with E-state index in [2.05, 4.69) is 19.8 Å². The standard InChI is InChI=1S/C15H21N5OS2/c1-15(21,12-3-2-9-22-12)11-18-13(16)19-5-7-20(8-6-19)14-17-4-10-23-14/h2-4,9-10,21H,5-8,11H2,1H3,(H2,16,18). The fourth-order valence-corrected chi connectivity index (χ4v) is 3.97. The first-order valence-electron chi connectivity index (χ1n) is 7.52. The van der Waals surface area contributed by atoms with Crippen molar-refractivity contribution in [2.24, 2.45) is 10.7 Å². The normalized spacial score (nSPS) is 19.0. The molecule has 0 aromatic carbocycles. The van der Waals surface area contributed by atoms with Crippen molar-refractivity contribution in [3.63, 3.8) is 0 Å². The van der Waals surface area contributed by atoms with E-state index in [1.807, 2.05) is 29.1 Å². The molecule has 0 spiro atoms. The molecular formula is C15H21N5OS2. The van der Waals surface area contributed by atoms with Crippen LogP contribution in [-0.4, -0.2) is 53.7 Å². The van der Waals surface area contributed by atoms with E-state index in [1.54, 1.807) is 18.3 Å². The summed E-state index contributed by atoms with van der Waals surface area (Å²) in [5.74, 6) is 0.501. The van der Waals surface area contributed by atoms with Gasteiger partial charge in [0, 0.05) is 42.6 Å². The summed E-state index contributed by atoms with van der Waals surface area (Å²) >= 11 is 3.18. The molecule has 6 nitrogen and oxygen atoms in total. The summed E-state index contributed by atoms with van der Waals surface area (Å²) < 4.78 is 0. The molecule has 1 aliphatic rings. The number of hydrogen-bond donors (Lipinski definition) is 2. The number of aromatic nitrogens is 1. The number of piperazine rings is 1. The van der Waals surface area contributed by atoms with Gasteiger partial charge in [-0.15, -0.1) is 22.7 Å². The van der Waals surface area contributed by atoms with Crippen molar-refractivity contribution >= 4 is 33.8 Å². The van der Waals surface area contributed by atoms with Gasteiger partial charge in [0.1, 0.15) is 5.60 Å². The minimum atomic E-state index is -0.971. The van der Waals surface area contributed by atoms with Crippen LogP contribution in [0.1, 0.15) is 11.8 Å². The van der Waals surface area contributed by atoms with Gasteiger partial charge in [-0.3, -0.25) is 0 Å². The molecule has 1 unspecified atom stereocenters. The zero-order valence-electron chi connectivity index (χ0n) is 13.1. The summed E-state index contributed by atoms with van der Waals surface area (Å²) in [6.07, 6.45) is 1.83. The molecule has 0 radical (unpaired) electrons. The van der Waals surface area contributed by atoms with Crippen molar-refractivity contribution in [1.82, 2.24) is 9.88 Å². The molecule has 8 heteroatoms. The van der Waals surface area contributed by atoms with Crippen LogP contribution in [0.2, 0.25) is 0 Å². The molecule has 0 aliphatic carbocycles. The van der Waals surface area contributed by atoms with Crippen LogP contribution in [0.3, 0.4) is 0 Å². The number of guanidine groups is 1. The number of nitrogens with two attached hydrogens (primary N) is 1. The summed E-state index contributed by atoms with van der Waals surface area (Å²) in [7, 11) is 0. The van der Waals surface area contributed by atoms with Gasteiger partial charge in [-0.2, -0.15) is 0 Å². The highest BCUT2D eigenvalue weighted by Crippen LogP contribution is 2.25. The molecule has 1 saturated heterocycles. The van der Waals surface area contributed by atoms with Gasteiger partial charge >= 0.3 is 0 Å². The van der Waals surface area contributed by atoms with Gasteiger partial charge in [0.2, 0.25) is 0 Å². The number of thiophene rings is 1. The molecule has 1 atom stereocenters. The molecule has 23 heavy (non-hydrogen) atoms. The number of anilines is 1. The van der Waals surface area contributed by atoms with Crippen molar-refractivity contribution in [2.45, 2.75) is 12.5 Å². The molecular weight excluding hydrogens is 330 g/mol. The Morgan fingerprint density at radius 1 is 1.35 bits per heavy atom. The van der Waals surface area contributed by atoms with E-state index in [1.165, 1.54) is 11.3 Å². The summed E-state index contributed by atoms with van der Waals surface area (Å²) in [4.78, 5) is 14.0. The maximum absolute atomic E-state index is 10.5. The fraction of sp³-hybridized carbons (Fsp3) is 0.467. The number of hydrogen-bond acceptors (Lipinski definition) is 6. The predicted molar refractivity (Wildman–Crippen MR) is 96.3 cm³/mol. The molecule has 0 amide bonds. The monoisotopic (exact) mass is 351 g/mol. The average Bonchev–Trinajstić information content (AvgIpc) is 3.26. The maximum atomic E-state index is 10.5. The van der Waals surface area contributed by atoms with Crippen LogP contribution in [-0.2, 0) is 5.60 Å². The Morgan fingerprint density at radius 3 is 2.74 bits per heavy atom. The number of thiazole rings is 1. The Balaban J connectivity index is 1.55. The fourth-order valence-electron chi connectivity index (χ4n) is 2.50. The van der Waals surface area contributed by atoms with Gasteiger partial charge < -0.3 is 20.6 Å². The minimum absolute atomic E-state index is 0.270. The zero-order valence-corrected chi connectivity index (χ0v) is 14.7. The number of rotatable bonds is 4. The minimum Gasteiger partial charge on any atom is -0.383 e. The number of aliphatic hydroxyl groups is 1. The van der Waals surface area contributed by atoms with Crippen LogP contribution in [0, 0.1) is 0 Å². The molecule has 3 rings (SSSR count). The van der Waals surface area contributed by atoms with Gasteiger partial charge in [0.05, 0.1) is 6.54 Å². The molecule has 1 fully saturated rings. The summed E-state index contributed by atoms with van der Waals surface area (Å²) in [5, 5.41) is 15.5. The van der Waals surface area contributed by atoms with E-state index in [0.717, 1.165) is 36.2 Å². The quantitative estimate of drug-likeness (QED) is 0.645. The van der Waals surface area contributed by atoms with E-state index in [0.29, 0.717) is 5.96 Å². The van der Waals surface area contributed by atoms with E-state index in [4.69, 9.17) is 5.73 Å². The van der Waals surface area contributed by atoms with E-state index >= 15 is 0 Å². The molecule has 2 aromatic heterocycles. The van der Waals surface area contributed by atoms with Crippen molar-refractivity contribution in [3.05, 3.63) is 34.0 Å². The lowest BCUT2D eigenvalue weighted by Gasteiger charge is -2.35. The highest BCUT2D eigenvalue weighted by molar-refractivity contribution is 7.13. The second-order valence-corrected chi connectivity index (χ2v) is 7.54. The molecule has 0 bridgehead atoms. The molecule has 3 heterocycles. The second-order valence-electron chi connectivity index (χ2n) is 5.71. The van der Waals surface area contributed by atoms with Crippen molar-refractivity contribution < 1.29 is 5.11 Å². The zero-order chi connectivity index (χ0) is 16.3. The van der Waals surface area contributed by atoms with Crippen LogP contribution in [0.5, 0.6) is 0 Å². The summed E-state index contributed by atoms with van der Waals surface area (Å²) in [6, 6.07) is 3.85.